The number of hydrogen-bond acceptors (Lipinski definition) is 3. The Bertz CT molecular complexity index is 599. The van der Waals surface area contributed by atoms with Gasteiger partial charge in [0.05, 0.1) is 18.9 Å². The fourth-order valence-electron chi connectivity index (χ4n) is 5.82. The van der Waals surface area contributed by atoms with Crippen molar-refractivity contribution in [2.24, 2.45) is 17.3 Å². The summed E-state index contributed by atoms with van der Waals surface area (Å²) in [5.74, 6) is 2.84. The van der Waals surface area contributed by atoms with Gasteiger partial charge in [-0.05, 0) is 78.9 Å². The first-order chi connectivity index (χ1) is 10.6. The van der Waals surface area contributed by atoms with Gasteiger partial charge in [-0.15, -0.1) is 0 Å². The van der Waals surface area contributed by atoms with Gasteiger partial charge in [0, 0.05) is 0 Å². The minimum Gasteiger partial charge on any atom is -0.495 e. The highest BCUT2D eigenvalue weighted by Crippen LogP contribution is 2.61. The highest BCUT2D eigenvalue weighted by atomic mass is 16.5. The van der Waals surface area contributed by atoms with Gasteiger partial charge in [0.25, 0.3) is 0 Å². The number of nitrogen functional groups attached to an aromatic ring is 1. The summed E-state index contributed by atoms with van der Waals surface area (Å²) in [7, 11) is 1.69. The molecule has 1 aromatic carbocycles. The molecule has 3 aliphatic carbocycles. The Balaban J connectivity index is 1.72. The second-order valence-electron chi connectivity index (χ2n) is 7.80. The van der Waals surface area contributed by atoms with Crippen LogP contribution in [0.15, 0.2) is 12.1 Å². The van der Waals surface area contributed by atoms with Crippen LogP contribution in [0.5, 0.6) is 5.75 Å². The lowest BCUT2D eigenvalue weighted by Gasteiger charge is -2.50. The van der Waals surface area contributed by atoms with Crippen molar-refractivity contribution in [3.63, 3.8) is 0 Å². The van der Waals surface area contributed by atoms with E-state index in [0.717, 1.165) is 36.6 Å². The van der Waals surface area contributed by atoms with Crippen LogP contribution in [0.2, 0.25) is 0 Å². The zero-order valence-electron chi connectivity index (χ0n) is 13.6. The predicted molar refractivity (Wildman–Crippen MR) is 88.0 cm³/mol. The van der Waals surface area contributed by atoms with E-state index in [-0.39, 0.29) is 11.5 Å². The summed E-state index contributed by atoms with van der Waals surface area (Å²) in [5, 5.41) is 10.4. The third-order valence-corrected chi connectivity index (χ3v) is 7.09. The Morgan fingerprint density at radius 3 is 2.82 bits per heavy atom. The van der Waals surface area contributed by atoms with Crippen LogP contribution in [0, 0.1) is 17.3 Å². The highest BCUT2D eigenvalue weighted by Gasteiger charge is 2.54. The van der Waals surface area contributed by atoms with E-state index >= 15 is 0 Å². The van der Waals surface area contributed by atoms with Crippen LogP contribution in [0.25, 0.3) is 0 Å². The topological polar surface area (TPSA) is 55.5 Å². The number of aliphatic hydroxyl groups excluding tert-OH is 1. The van der Waals surface area contributed by atoms with Gasteiger partial charge in [0.2, 0.25) is 0 Å². The zero-order valence-corrected chi connectivity index (χ0v) is 13.6. The van der Waals surface area contributed by atoms with E-state index in [4.69, 9.17) is 10.5 Å². The van der Waals surface area contributed by atoms with Crippen LogP contribution >= 0.6 is 0 Å². The van der Waals surface area contributed by atoms with Gasteiger partial charge in [0.1, 0.15) is 5.75 Å². The minimum absolute atomic E-state index is 0.0965. The molecule has 0 amide bonds. The van der Waals surface area contributed by atoms with Crippen LogP contribution in [-0.2, 0) is 6.42 Å². The van der Waals surface area contributed by atoms with Crippen LogP contribution < -0.4 is 10.5 Å². The first-order valence-electron chi connectivity index (χ1n) is 8.69. The molecule has 120 valence electrons. The summed E-state index contributed by atoms with van der Waals surface area (Å²) in [5.41, 5.74) is 10.1. The van der Waals surface area contributed by atoms with E-state index in [9.17, 15) is 5.11 Å². The van der Waals surface area contributed by atoms with Gasteiger partial charge < -0.3 is 15.6 Å². The molecule has 3 nitrogen and oxygen atoms in total. The van der Waals surface area contributed by atoms with E-state index in [1.54, 1.807) is 7.11 Å². The van der Waals surface area contributed by atoms with Crippen LogP contribution in [0.3, 0.4) is 0 Å². The summed E-state index contributed by atoms with van der Waals surface area (Å²) in [4.78, 5) is 0. The highest BCUT2D eigenvalue weighted by molar-refractivity contribution is 5.63. The molecule has 0 spiro atoms. The molecule has 2 saturated carbocycles. The van der Waals surface area contributed by atoms with Crippen LogP contribution in [-0.4, -0.2) is 18.3 Å². The number of methoxy groups -OCH3 is 1. The molecule has 0 unspecified atom stereocenters. The number of hydrogen-bond donors (Lipinski definition) is 2. The number of fused-ring (bicyclic) bond motifs is 5. The lowest BCUT2D eigenvalue weighted by molar-refractivity contribution is -0.0225. The molecule has 22 heavy (non-hydrogen) atoms. The van der Waals surface area contributed by atoms with Crippen LogP contribution in [0.4, 0.5) is 5.69 Å². The van der Waals surface area contributed by atoms with Crippen molar-refractivity contribution in [3.8, 4) is 5.75 Å². The number of benzene rings is 1. The third kappa shape index (κ3) is 1.78. The second kappa shape index (κ2) is 4.89. The molecular formula is C19H27NO2. The average molecular weight is 301 g/mol. The Labute approximate surface area is 132 Å². The van der Waals surface area contributed by atoms with E-state index < -0.39 is 0 Å². The first-order valence-corrected chi connectivity index (χ1v) is 8.69. The summed E-state index contributed by atoms with van der Waals surface area (Å²) < 4.78 is 5.39. The maximum absolute atomic E-state index is 10.4. The standard InChI is InChI=1S/C19H27NO2/c1-19-10-9-12-11-5-7-16(22-2)18(20)14(11)4-3-13(12)15(19)6-8-17(19)21/h5,7,12-13,15,17,21H,3-4,6,8-10,20H2,1-2H3/t12-,13+,15+,17+,19+/m1/s1. The number of nitrogens with two attached hydrogens (primary N) is 1. The fraction of sp³-hybridized carbons (Fsp3) is 0.684. The number of ether oxygens (including phenoxy) is 1. The summed E-state index contributed by atoms with van der Waals surface area (Å²) in [6.45, 7) is 2.32. The van der Waals surface area contributed by atoms with Crippen molar-refractivity contribution < 1.29 is 9.84 Å². The van der Waals surface area contributed by atoms with Crippen molar-refractivity contribution in [1.29, 1.82) is 0 Å². The van der Waals surface area contributed by atoms with Gasteiger partial charge in [-0.25, -0.2) is 0 Å². The Morgan fingerprint density at radius 1 is 1.23 bits per heavy atom. The molecule has 2 fully saturated rings. The lowest BCUT2D eigenvalue weighted by Crippen LogP contribution is -2.44. The van der Waals surface area contributed by atoms with Gasteiger partial charge in [0.15, 0.2) is 0 Å². The molecule has 4 rings (SSSR count). The molecule has 1 aromatic rings. The molecule has 0 heterocycles. The van der Waals surface area contributed by atoms with Gasteiger partial charge in [-0.3, -0.25) is 0 Å². The minimum atomic E-state index is -0.0965. The van der Waals surface area contributed by atoms with E-state index in [2.05, 4.69) is 13.0 Å². The normalized spacial score (nSPS) is 39.8. The largest absolute Gasteiger partial charge is 0.495 e. The molecule has 5 atom stereocenters. The smallest absolute Gasteiger partial charge is 0.142 e. The fourth-order valence-corrected chi connectivity index (χ4v) is 5.82. The van der Waals surface area contributed by atoms with E-state index in [1.807, 2.05) is 6.07 Å². The summed E-state index contributed by atoms with van der Waals surface area (Å²) >= 11 is 0. The predicted octanol–water partition coefficient (Wildman–Crippen LogP) is 3.49. The summed E-state index contributed by atoms with van der Waals surface area (Å²) in [6, 6.07) is 4.28. The van der Waals surface area contributed by atoms with Crippen molar-refractivity contribution in [3.05, 3.63) is 23.3 Å². The third-order valence-electron chi connectivity index (χ3n) is 7.09. The SMILES string of the molecule is COc1ccc2c(c1N)CC[C@H]1[C@@H]2CC[C@]2(C)[C@@H](O)CC[C@@H]12. The van der Waals surface area contributed by atoms with Crippen molar-refractivity contribution >= 4 is 5.69 Å². The van der Waals surface area contributed by atoms with Gasteiger partial charge in [-0.1, -0.05) is 13.0 Å². The first kappa shape index (κ1) is 14.4. The molecule has 0 saturated heterocycles. The molecule has 3 heteroatoms. The van der Waals surface area contributed by atoms with Gasteiger partial charge >= 0.3 is 0 Å². The molecule has 0 aliphatic heterocycles. The molecule has 3 aliphatic rings. The Morgan fingerprint density at radius 2 is 2.05 bits per heavy atom. The Hall–Kier alpha value is -1.22. The van der Waals surface area contributed by atoms with Crippen molar-refractivity contribution in [1.82, 2.24) is 0 Å². The number of rotatable bonds is 1. The molecule has 0 bridgehead atoms. The Kier molecular flexibility index (Phi) is 3.19. The number of anilines is 1. The average Bonchev–Trinajstić information content (AvgIpc) is 2.83. The van der Waals surface area contributed by atoms with Crippen molar-refractivity contribution in [2.75, 3.05) is 12.8 Å². The van der Waals surface area contributed by atoms with E-state index in [0.29, 0.717) is 11.8 Å². The van der Waals surface area contributed by atoms with Crippen molar-refractivity contribution in [2.45, 2.75) is 57.5 Å². The maximum atomic E-state index is 10.4. The maximum Gasteiger partial charge on any atom is 0.142 e. The number of aliphatic hydroxyl groups is 1. The molecular weight excluding hydrogens is 274 g/mol. The molecule has 0 aromatic heterocycles. The van der Waals surface area contributed by atoms with Gasteiger partial charge in [-0.2, -0.15) is 0 Å². The van der Waals surface area contributed by atoms with Crippen LogP contribution in [0.1, 0.15) is 56.1 Å². The lowest BCUT2D eigenvalue weighted by atomic mass is 9.55. The zero-order chi connectivity index (χ0) is 15.5. The van der Waals surface area contributed by atoms with E-state index in [1.165, 1.54) is 30.4 Å². The molecule has 0 radical (unpaired) electrons. The monoisotopic (exact) mass is 301 g/mol. The molecule has 3 N–H and O–H groups in total. The quantitative estimate of drug-likeness (QED) is 0.781. The second-order valence-corrected chi connectivity index (χ2v) is 7.80. The summed E-state index contributed by atoms with van der Waals surface area (Å²) in [6.07, 6.45) is 6.69.